The largest absolute Gasteiger partial charge is 0.335 e. The van der Waals surface area contributed by atoms with Crippen LogP contribution in [0.3, 0.4) is 0 Å². The highest BCUT2D eigenvalue weighted by Crippen LogP contribution is 2.29. The molecule has 156 valence electrons. The molecular formula is C23H26ClN5O. The number of hydrogen-bond donors (Lipinski definition) is 0. The van der Waals surface area contributed by atoms with Gasteiger partial charge in [0.15, 0.2) is 0 Å². The second-order valence-electron chi connectivity index (χ2n) is 8.03. The molecule has 0 radical (unpaired) electrons. The first-order chi connectivity index (χ1) is 14.5. The molecule has 0 spiro atoms. The third-order valence-electron chi connectivity index (χ3n) is 5.88. The van der Waals surface area contributed by atoms with E-state index in [9.17, 15) is 4.79 Å². The second-order valence-corrected chi connectivity index (χ2v) is 8.47. The summed E-state index contributed by atoms with van der Waals surface area (Å²) in [6.45, 7) is 5.01. The first-order valence-corrected chi connectivity index (χ1v) is 10.8. The van der Waals surface area contributed by atoms with Crippen molar-refractivity contribution < 1.29 is 4.79 Å². The van der Waals surface area contributed by atoms with Gasteiger partial charge in [-0.3, -0.25) is 9.78 Å². The Balaban J connectivity index is 1.59. The number of piperidine rings is 1. The van der Waals surface area contributed by atoms with Crippen molar-refractivity contribution in [1.82, 2.24) is 24.9 Å². The van der Waals surface area contributed by atoms with Crippen LogP contribution in [0.4, 0.5) is 0 Å². The van der Waals surface area contributed by atoms with E-state index >= 15 is 0 Å². The van der Waals surface area contributed by atoms with Crippen LogP contribution in [-0.4, -0.2) is 43.4 Å². The monoisotopic (exact) mass is 423 g/mol. The average molecular weight is 424 g/mol. The lowest BCUT2D eigenvalue weighted by atomic mass is 9.86. The highest BCUT2D eigenvalue weighted by Gasteiger charge is 2.33. The van der Waals surface area contributed by atoms with E-state index in [1.807, 2.05) is 42.2 Å². The fourth-order valence-electron chi connectivity index (χ4n) is 4.27. The predicted octanol–water partition coefficient (Wildman–Crippen LogP) is 4.50. The molecule has 2 aromatic heterocycles. The van der Waals surface area contributed by atoms with Crippen LogP contribution in [0.5, 0.6) is 0 Å². The summed E-state index contributed by atoms with van der Waals surface area (Å²) in [4.78, 5) is 21.7. The summed E-state index contributed by atoms with van der Waals surface area (Å²) >= 11 is 5.96. The Hall–Kier alpha value is -2.73. The number of hydrogen-bond acceptors (Lipinski definition) is 4. The highest BCUT2D eigenvalue weighted by atomic mass is 35.5. The molecule has 3 heterocycles. The lowest BCUT2D eigenvalue weighted by Crippen LogP contribution is -2.48. The van der Waals surface area contributed by atoms with Crippen LogP contribution in [0.1, 0.15) is 47.8 Å². The van der Waals surface area contributed by atoms with Crippen LogP contribution in [0, 0.1) is 12.8 Å². The van der Waals surface area contributed by atoms with Crippen LogP contribution in [0.25, 0.3) is 5.69 Å². The minimum atomic E-state index is 0.0444. The summed E-state index contributed by atoms with van der Waals surface area (Å²) in [5.41, 5.74) is 3.43. The van der Waals surface area contributed by atoms with Crippen molar-refractivity contribution in [3.05, 3.63) is 70.8 Å². The van der Waals surface area contributed by atoms with Crippen molar-refractivity contribution in [2.75, 3.05) is 6.54 Å². The van der Waals surface area contributed by atoms with Crippen molar-refractivity contribution in [2.45, 2.75) is 45.6 Å². The number of aromatic nitrogens is 4. The minimum absolute atomic E-state index is 0.0444. The Labute approximate surface area is 181 Å². The molecule has 3 aromatic rings. The summed E-state index contributed by atoms with van der Waals surface area (Å²) in [6, 6.07) is 9.83. The Bertz CT molecular complexity index is 1000. The van der Waals surface area contributed by atoms with Crippen molar-refractivity contribution in [2.24, 2.45) is 5.92 Å². The molecule has 1 aliphatic rings. The molecule has 2 atom stereocenters. The molecule has 0 saturated carbocycles. The van der Waals surface area contributed by atoms with Gasteiger partial charge in [0.25, 0.3) is 5.91 Å². The molecule has 6 nitrogen and oxygen atoms in total. The van der Waals surface area contributed by atoms with Gasteiger partial charge in [0.05, 0.1) is 28.7 Å². The van der Waals surface area contributed by atoms with Gasteiger partial charge in [0.2, 0.25) is 0 Å². The van der Waals surface area contributed by atoms with Gasteiger partial charge in [-0.05, 0) is 68.4 Å². The summed E-state index contributed by atoms with van der Waals surface area (Å²) in [6.07, 6.45) is 8.77. The second kappa shape index (κ2) is 8.96. The molecule has 1 aliphatic heterocycles. The van der Waals surface area contributed by atoms with E-state index in [1.54, 1.807) is 18.6 Å². The van der Waals surface area contributed by atoms with Crippen molar-refractivity contribution in [3.63, 3.8) is 0 Å². The zero-order valence-electron chi connectivity index (χ0n) is 17.3. The number of carbonyl (C=O) groups is 1. The van der Waals surface area contributed by atoms with Gasteiger partial charge in [0.1, 0.15) is 0 Å². The van der Waals surface area contributed by atoms with Gasteiger partial charge in [-0.25, -0.2) is 0 Å². The first-order valence-electron chi connectivity index (χ1n) is 10.4. The quantitative estimate of drug-likeness (QED) is 0.606. The maximum Gasteiger partial charge on any atom is 0.256 e. The first kappa shape index (κ1) is 20.5. The zero-order valence-corrected chi connectivity index (χ0v) is 18.1. The van der Waals surface area contributed by atoms with E-state index in [0.29, 0.717) is 16.5 Å². The Morgan fingerprint density at radius 1 is 1.20 bits per heavy atom. The lowest BCUT2D eigenvalue weighted by molar-refractivity contribution is 0.0498. The lowest BCUT2D eigenvalue weighted by Gasteiger charge is -2.40. The summed E-state index contributed by atoms with van der Waals surface area (Å²) in [5, 5.41) is 9.14. The van der Waals surface area contributed by atoms with Crippen molar-refractivity contribution in [1.29, 1.82) is 0 Å². The van der Waals surface area contributed by atoms with Crippen molar-refractivity contribution >= 4 is 17.5 Å². The van der Waals surface area contributed by atoms with E-state index in [-0.39, 0.29) is 11.9 Å². The smallest absolute Gasteiger partial charge is 0.256 e. The highest BCUT2D eigenvalue weighted by molar-refractivity contribution is 6.30. The van der Waals surface area contributed by atoms with Crippen LogP contribution in [0.15, 0.2) is 48.9 Å². The summed E-state index contributed by atoms with van der Waals surface area (Å²) in [5.74, 6) is 0.481. The van der Waals surface area contributed by atoms with E-state index < -0.39 is 0 Å². The van der Waals surface area contributed by atoms with E-state index in [2.05, 4.69) is 22.1 Å². The molecule has 0 bridgehead atoms. The molecule has 0 unspecified atom stereocenters. The minimum Gasteiger partial charge on any atom is -0.335 e. The van der Waals surface area contributed by atoms with Gasteiger partial charge in [0, 0.05) is 24.5 Å². The van der Waals surface area contributed by atoms with Crippen LogP contribution >= 0.6 is 11.6 Å². The Kier molecular flexibility index (Phi) is 6.13. The summed E-state index contributed by atoms with van der Waals surface area (Å²) in [7, 11) is 0. The van der Waals surface area contributed by atoms with E-state index in [4.69, 9.17) is 11.6 Å². The third kappa shape index (κ3) is 4.38. The van der Waals surface area contributed by atoms with Gasteiger partial charge in [-0.2, -0.15) is 15.0 Å². The van der Waals surface area contributed by atoms with Gasteiger partial charge >= 0.3 is 0 Å². The fourth-order valence-corrected chi connectivity index (χ4v) is 4.39. The molecule has 1 aromatic carbocycles. The van der Waals surface area contributed by atoms with Gasteiger partial charge in [-0.1, -0.05) is 24.6 Å². The van der Waals surface area contributed by atoms with Gasteiger partial charge < -0.3 is 4.90 Å². The SMILES string of the molecule is Cc1ccc(C(=O)N2CCC[C@@H](C)[C@H]2CCc2ccc(Cl)cn2)c(-n2nccn2)c1. The molecule has 1 saturated heterocycles. The number of amides is 1. The Morgan fingerprint density at radius 2 is 2.00 bits per heavy atom. The molecule has 1 fully saturated rings. The third-order valence-corrected chi connectivity index (χ3v) is 6.10. The number of benzene rings is 1. The van der Waals surface area contributed by atoms with Crippen LogP contribution in [-0.2, 0) is 6.42 Å². The zero-order chi connectivity index (χ0) is 21.1. The standard InChI is InChI=1S/C23H26ClN5O/c1-16-5-9-20(22(14-16)29-26-11-12-27-29)23(30)28-13-3-4-17(2)21(28)10-8-19-7-6-18(24)15-25-19/h5-7,9,11-12,14-15,17,21H,3-4,8,10,13H2,1-2H3/t17-,21-/m1/s1. The molecular weight excluding hydrogens is 398 g/mol. The molecule has 0 aliphatic carbocycles. The number of nitrogens with zero attached hydrogens (tertiary/aromatic N) is 5. The number of likely N-dealkylation sites (tertiary alicyclic amines) is 1. The summed E-state index contributed by atoms with van der Waals surface area (Å²) < 4.78 is 0. The number of rotatable bonds is 5. The van der Waals surface area contributed by atoms with E-state index in [1.165, 1.54) is 4.80 Å². The van der Waals surface area contributed by atoms with E-state index in [0.717, 1.165) is 49.2 Å². The normalized spacial score (nSPS) is 19.1. The maximum atomic E-state index is 13.7. The number of halogens is 1. The molecule has 4 rings (SSSR count). The topological polar surface area (TPSA) is 63.9 Å². The molecule has 1 amide bonds. The number of aryl methyl sites for hydroxylation is 2. The van der Waals surface area contributed by atoms with Gasteiger partial charge in [-0.15, -0.1) is 0 Å². The fraction of sp³-hybridized carbons (Fsp3) is 0.391. The average Bonchev–Trinajstić information content (AvgIpc) is 3.28. The molecule has 0 N–H and O–H groups in total. The van der Waals surface area contributed by atoms with Crippen molar-refractivity contribution in [3.8, 4) is 5.69 Å². The van der Waals surface area contributed by atoms with Crippen LogP contribution in [0.2, 0.25) is 5.02 Å². The Morgan fingerprint density at radius 3 is 2.73 bits per heavy atom. The number of carbonyl (C=O) groups excluding carboxylic acids is 1. The maximum absolute atomic E-state index is 13.7. The molecule has 7 heteroatoms. The number of pyridine rings is 1. The van der Waals surface area contributed by atoms with Crippen LogP contribution < -0.4 is 0 Å². The predicted molar refractivity (Wildman–Crippen MR) is 117 cm³/mol. The molecule has 30 heavy (non-hydrogen) atoms.